The number of benzene rings is 1. The summed E-state index contributed by atoms with van der Waals surface area (Å²) in [6.07, 6.45) is 1.01. The van der Waals surface area contributed by atoms with Gasteiger partial charge in [-0.2, -0.15) is 0 Å². The Bertz CT molecular complexity index is 339. The minimum Gasteiger partial charge on any atom is -0.293 e. The van der Waals surface area contributed by atoms with Gasteiger partial charge in [-0.05, 0) is 23.6 Å². The van der Waals surface area contributed by atoms with Crippen LogP contribution in [0.3, 0.4) is 0 Å². The standard InChI is InChI=1S/C11H12O/c1-3-8-4-5-9-7(2)11(12)10(9)6-8/h4-7H,3H2,1-2H3. The van der Waals surface area contributed by atoms with E-state index in [9.17, 15) is 4.79 Å². The fraction of sp³-hybridized carbons (Fsp3) is 0.364. The molecule has 1 heteroatoms. The zero-order chi connectivity index (χ0) is 8.72. The van der Waals surface area contributed by atoms with Gasteiger partial charge < -0.3 is 0 Å². The zero-order valence-electron chi connectivity index (χ0n) is 7.42. The van der Waals surface area contributed by atoms with E-state index in [0.717, 1.165) is 12.0 Å². The Morgan fingerprint density at radius 3 is 2.83 bits per heavy atom. The summed E-state index contributed by atoms with van der Waals surface area (Å²) in [7, 11) is 0. The molecule has 2 rings (SSSR count). The Kier molecular flexibility index (Phi) is 1.53. The van der Waals surface area contributed by atoms with Crippen LogP contribution in [0.1, 0.15) is 41.3 Å². The van der Waals surface area contributed by atoms with Gasteiger partial charge in [-0.3, -0.25) is 4.79 Å². The van der Waals surface area contributed by atoms with Crippen LogP contribution in [0.4, 0.5) is 0 Å². The Labute approximate surface area is 72.4 Å². The van der Waals surface area contributed by atoms with Gasteiger partial charge in [-0.25, -0.2) is 0 Å². The molecule has 0 fully saturated rings. The van der Waals surface area contributed by atoms with E-state index in [1.807, 2.05) is 13.0 Å². The van der Waals surface area contributed by atoms with Crippen LogP contribution in [-0.4, -0.2) is 5.78 Å². The molecule has 0 bridgehead atoms. The molecule has 1 aromatic carbocycles. The van der Waals surface area contributed by atoms with Gasteiger partial charge in [0.15, 0.2) is 5.78 Å². The minimum absolute atomic E-state index is 0.144. The van der Waals surface area contributed by atoms with E-state index in [-0.39, 0.29) is 5.92 Å². The number of Topliss-reactive ketones (excluding diaryl/α,β-unsaturated/α-hetero) is 1. The molecule has 1 unspecified atom stereocenters. The van der Waals surface area contributed by atoms with Crippen molar-refractivity contribution in [1.29, 1.82) is 0 Å². The van der Waals surface area contributed by atoms with Gasteiger partial charge in [-0.1, -0.05) is 26.0 Å². The van der Waals surface area contributed by atoms with Gasteiger partial charge in [0.25, 0.3) is 0 Å². The number of carbonyl (C=O) groups excluding carboxylic acids is 1. The van der Waals surface area contributed by atoms with Gasteiger partial charge in [0.2, 0.25) is 0 Å². The lowest BCUT2D eigenvalue weighted by Gasteiger charge is -2.25. The van der Waals surface area contributed by atoms with Crippen LogP contribution >= 0.6 is 0 Å². The monoisotopic (exact) mass is 160 g/mol. The van der Waals surface area contributed by atoms with Crippen molar-refractivity contribution in [3.8, 4) is 0 Å². The van der Waals surface area contributed by atoms with Crippen LogP contribution in [0.2, 0.25) is 0 Å². The first-order valence-electron chi connectivity index (χ1n) is 4.41. The smallest absolute Gasteiger partial charge is 0.170 e. The number of hydrogen-bond acceptors (Lipinski definition) is 1. The summed E-state index contributed by atoms with van der Waals surface area (Å²) in [4.78, 5) is 11.3. The third-order valence-corrected chi connectivity index (χ3v) is 2.65. The van der Waals surface area contributed by atoms with Crippen LogP contribution in [0.15, 0.2) is 18.2 Å². The summed E-state index contributed by atoms with van der Waals surface area (Å²) in [5.74, 6) is 0.450. The zero-order valence-corrected chi connectivity index (χ0v) is 7.42. The van der Waals surface area contributed by atoms with E-state index >= 15 is 0 Å². The van der Waals surface area contributed by atoms with Gasteiger partial charge in [0.05, 0.1) is 0 Å². The predicted octanol–water partition coefficient (Wildman–Crippen LogP) is 2.55. The van der Waals surface area contributed by atoms with Gasteiger partial charge >= 0.3 is 0 Å². The van der Waals surface area contributed by atoms with Crippen molar-refractivity contribution in [3.05, 3.63) is 34.9 Å². The van der Waals surface area contributed by atoms with Crippen molar-refractivity contribution in [2.45, 2.75) is 26.2 Å². The molecule has 0 N–H and O–H groups in total. The Balaban J connectivity index is 2.48. The summed E-state index contributed by atoms with van der Waals surface area (Å²) >= 11 is 0. The Morgan fingerprint density at radius 2 is 2.17 bits per heavy atom. The second-order valence-electron chi connectivity index (χ2n) is 3.36. The predicted molar refractivity (Wildman–Crippen MR) is 48.6 cm³/mol. The molecule has 0 aliphatic heterocycles. The van der Waals surface area contributed by atoms with Crippen LogP contribution in [0, 0.1) is 0 Å². The lowest BCUT2D eigenvalue weighted by Crippen LogP contribution is -2.23. The fourth-order valence-electron chi connectivity index (χ4n) is 1.71. The van der Waals surface area contributed by atoms with E-state index in [0.29, 0.717) is 5.78 Å². The SMILES string of the molecule is CCc1ccc2c(c1)C(=O)C2C. The van der Waals surface area contributed by atoms with E-state index in [4.69, 9.17) is 0 Å². The number of hydrogen-bond donors (Lipinski definition) is 0. The fourth-order valence-corrected chi connectivity index (χ4v) is 1.71. The molecule has 62 valence electrons. The van der Waals surface area contributed by atoms with Crippen LogP contribution in [0.25, 0.3) is 0 Å². The molecule has 0 aromatic heterocycles. The van der Waals surface area contributed by atoms with Crippen molar-refractivity contribution in [2.75, 3.05) is 0 Å². The van der Waals surface area contributed by atoms with E-state index < -0.39 is 0 Å². The van der Waals surface area contributed by atoms with Gasteiger partial charge in [-0.15, -0.1) is 0 Å². The first-order chi connectivity index (χ1) is 5.74. The van der Waals surface area contributed by atoms with Crippen molar-refractivity contribution in [2.24, 2.45) is 0 Å². The third-order valence-electron chi connectivity index (χ3n) is 2.65. The highest BCUT2D eigenvalue weighted by atomic mass is 16.1. The molecule has 1 aliphatic carbocycles. The van der Waals surface area contributed by atoms with Crippen molar-refractivity contribution in [1.82, 2.24) is 0 Å². The van der Waals surface area contributed by atoms with Crippen molar-refractivity contribution < 1.29 is 4.79 Å². The number of ketones is 1. The summed E-state index contributed by atoms with van der Waals surface area (Å²) in [5, 5.41) is 0. The molecule has 1 aliphatic rings. The number of fused-ring (bicyclic) bond motifs is 1. The lowest BCUT2D eigenvalue weighted by molar-refractivity contribution is 0.0935. The molecule has 1 atom stereocenters. The molecule has 12 heavy (non-hydrogen) atoms. The molecule has 0 radical (unpaired) electrons. The van der Waals surface area contributed by atoms with Gasteiger partial charge in [0, 0.05) is 11.5 Å². The molecule has 0 amide bonds. The van der Waals surface area contributed by atoms with Crippen LogP contribution < -0.4 is 0 Å². The molecule has 0 spiro atoms. The normalized spacial score (nSPS) is 20.2. The maximum Gasteiger partial charge on any atom is 0.170 e. The number of rotatable bonds is 1. The average molecular weight is 160 g/mol. The first-order valence-corrected chi connectivity index (χ1v) is 4.41. The van der Waals surface area contributed by atoms with E-state index in [1.165, 1.54) is 11.1 Å². The molecule has 1 aromatic rings. The number of carbonyl (C=O) groups is 1. The average Bonchev–Trinajstić information content (AvgIpc) is 2.15. The second kappa shape index (κ2) is 2.44. The Morgan fingerprint density at radius 1 is 1.42 bits per heavy atom. The highest BCUT2D eigenvalue weighted by molar-refractivity contribution is 6.10. The summed E-state index contributed by atoms with van der Waals surface area (Å²) in [6, 6.07) is 6.22. The topological polar surface area (TPSA) is 17.1 Å². The van der Waals surface area contributed by atoms with E-state index in [1.54, 1.807) is 0 Å². The third kappa shape index (κ3) is 0.826. The quantitative estimate of drug-likeness (QED) is 0.617. The molecule has 1 nitrogen and oxygen atoms in total. The molecule has 0 saturated heterocycles. The maximum absolute atomic E-state index is 11.3. The van der Waals surface area contributed by atoms with Crippen molar-refractivity contribution in [3.63, 3.8) is 0 Å². The van der Waals surface area contributed by atoms with Crippen LogP contribution in [-0.2, 0) is 6.42 Å². The summed E-state index contributed by atoms with van der Waals surface area (Å²) in [5.41, 5.74) is 3.42. The minimum atomic E-state index is 0.144. The first kappa shape index (κ1) is 7.53. The maximum atomic E-state index is 11.3. The largest absolute Gasteiger partial charge is 0.293 e. The molecule has 0 heterocycles. The molecular weight excluding hydrogens is 148 g/mol. The molecule has 0 saturated carbocycles. The second-order valence-corrected chi connectivity index (χ2v) is 3.36. The number of aryl methyl sites for hydroxylation is 1. The summed E-state index contributed by atoms with van der Waals surface area (Å²) in [6.45, 7) is 4.07. The Hall–Kier alpha value is -1.11. The van der Waals surface area contributed by atoms with Gasteiger partial charge in [0.1, 0.15) is 0 Å². The van der Waals surface area contributed by atoms with E-state index in [2.05, 4.69) is 19.1 Å². The van der Waals surface area contributed by atoms with Crippen LogP contribution in [0.5, 0.6) is 0 Å². The molecular formula is C11H12O. The highest BCUT2D eigenvalue weighted by Crippen LogP contribution is 2.34. The van der Waals surface area contributed by atoms with Crippen molar-refractivity contribution >= 4 is 5.78 Å². The summed E-state index contributed by atoms with van der Waals surface area (Å²) < 4.78 is 0. The highest BCUT2D eigenvalue weighted by Gasteiger charge is 2.31. The lowest BCUT2D eigenvalue weighted by atomic mass is 9.76.